The summed E-state index contributed by atoms with van der Waals surface area (Å²) in [5.41, 5.74) is 5.19. The second-order valence-electron chi connectivity index (χ2n) is 6.27. The molecule has 3 atom stereocenters. The van der Waals surface area contributed by atoms with E-state index in [1.165, 1.54) is 0 Å². The number of nitrogens with two attached hydrogens (primary N) is 1. The van der Waals surface area contributed by atoms with Crippen molar-refractivity contribution in [3.63, 3.8) is 0 Å². The molecule has 23 heavy (non-hydrogen) atoms. The van der Waals surface area contributed by atoms with E-state index in [1.807, 2.05) is 6.26 Å². The van der Waals surface area contributed by atoms with Gasteiger partial charge in [0.1, 0.15) is 6.04 Å². The molecule has 4 N–H and O–H groups in total. The number of carbonyl (C=O) groups excluding carboxylic acids is 2. The molecule has 1 aliphatic heterocycles. The van der Waals surface area contributed by atoms with Crippen LogP contribution in [0.5, 0.6) is 0 Å². The van der Waals surface area contributed by atoms with Gasteiger partial charge in [0.2, 0.25) is 5.91 Å². The molecule has 3 amide bonds. The molecule has 0 aromatic rings. The number of hydrogen-bond acceptors (Lipinski definition) is 5. The normalized spacial score (nSPS) is 27.0. The first-order valence-corrected chi connectivity index (χ1v) is 9.68. The second kappa shape index (κ2) is 8.75. The van der Waals surface area contributed by atoms with Gasteiger partial charge in [-0.2, -0.15) is 11.8 Å². The summed E-state index contributed by atoms with van der Waals surface area (Å²) < 4.78 is 0. The molecule has 0 aromatic heterocycles. The van der Waals surface area contributed by atoms with Gasteiger partial charge < -0.3 is 21.1 Å². The highest BCUT2D eigenvalue weighted by atomic mass is 32.2. The number of aliphatic hydroxyl groups is 1. The largest absolute Gasteiger partial charge is 0.391 e. The van der Waals surface area contributed by atoms with Crippen molar-refractivity contribution in [2.75, 3.05) is 38.2 Å². The van der Waals surface area contributed by atoms with Gasteiger partial charge in [0.15, 0.2) is 0 Å². The minimum absolute atomic E-state index is 0.0514. The van der Waals surface area contributed by atoms with E-state index in [1.54, 1.807) is 16.7 Å². The lowest BCUT2D eigenvalue weighted by atomic mass is 10.1. The van der Waals surface area contributed by atoms with Crippen LogP contribution in [0.2, 0.25) is 0 Å². The molecular formula is C15H28N4O3S. The molecule has 0 bridgehead atoms. The van der Waals surface area contributed by atoms with Crippen molar-refractivity contribution in [2.24, 2.45) is 5.73 Å². The number of carbonyl (C=O) groups is 2. The first kappa shape index (κ1) is 18.4. The molecule has 1 aliphatic carbocycles. The zero-order valence-electron chi connectivity index (χ0n) is 13.7. The minimum atomic E-state index is -0.655. The number of amides is 3. The predicted molar refractivity (Wildman–Crippen MR) is 91.3 cm³/mol. The van der Waals surface area contributed by atoms with E-state index in [4.69, 9.17) is 5.73 Å². The molecule has 0 spiro atoms. The molecule has 0 radical (unpaired) electrons. The standard InChI is InChI=1S/C15H28N4O3S/c1-23-10-5-11(17-15(16)22)14(21)19-8-6-18(7-9-19)12-3-2-4-13(12)20/h11-13,20H,2-10H2,1H3,(H3,16,17,22). The average molecular weight is 344 g/mol. The Kier molecular flexibility index (Phi) is 6.98. The fourth-order valence-corrected chi connectivity index (χ4v) is 3.98. The Balaban J connectivity index is 1.86. The molecule has 2 fully saturated rings. The third kappa shape index (κ3) is 4.99. The number of urea groups is 1. The molecule has 1 saturated carbocycles. The van der Waals surface area contributed by atoms with Gasteiger partial charge in [-0.25, -0.2) is 4.79 Å². The van der Waals surface area contributed by atoms with E-state index < -0.39 is 12.1 Å². The van der Waals surface area contributed by atoms with E-state index in [-0.39, 0.29) is 18.1 Å². The summed E-state index contributed by atoms with van der Waals surface area (Å²) in [6.07, 6.45) is 5.31. The zero-order chi connectivity index (χ0) is 16.8. The Bertz CT molecular complexity index is 416. The quantitative estimate of drug-likeness (QED) is 0.622. The van der Waals surface area contributed by atoms with Crippen LogP contribution in [0.15, 0.2) is 0 Å². The maximum atomic E-state index is 12.6. The van der Waals surface area contributed by atoms with Gasteiger partial charge in [0.05, 0.1) is 6.10 Å². The van der Waals surface area contributed by atoms with Gasteiger partial charge >= 0.3 is 6.03 Å². The third-order valence-electron chi connectivity index (χ3n) is 4.76. The Hall–Kier alpha value is -0.990. The molecule has 8 heteroatoms. The van der Waals surface area contributed by atoms with Crippen LogP contribution in [0.1, 0.15) is 25.7 Å². The van der Waals surface area contributed by atoms with Gasteiger partial charge in [0.25, 0.3) is 0 Å². The third-order valence-corrected chi connectivity index (χ3v) is 5.41. The Labute approximate surface area is 141 Å². The number of hydrogen-bond donors (Lipinski definition) is 3. The summed E-state index contributed by atoms with van der Waals surface area (Å²) in [6.45, 7) is 2.83. The Morgan fingerprint density at radius 3 is 2.52 bits per heavy atom. The van der Waals surface area contributed by atoms with Crippen LogP contribution in [0.3, 0.4) is 0 Å². The number of nitrogens with zero attached hydrogens (tertiary/aromatic N) is 2. The summed E-state index contributed by atoms with van der Waals surface area (Å²) in [5, 5.41) is 12.6. The molecule has 2 rings (SSSR count). The molecule has 1 heterocycles. The van der Waals surface area contributed by atoms with Gasteiger partial charge in [-0.05, 0) is 37.7 Å². The van der Waals surface area contributed by atoms with Crippen LogP contribution in [-0.4, -0.2) is 83.2 Å². The van der Waals surface area contributed by atoms with Crippen LogP contribution >= 0.6 is 11.8 Å². The summed E-state index contributed by atoms with van der Waals surface area (Å²) in [7, 11) is 0. The van der Waals surface area contributed by atoms with Gasteiger partial charge in [-0.15, -0.1) is 0 Å². The average Bonchev–Trinajstić information content (AvgIpc) is 2.96. The molecule has 2 aliphatic rings. The van der Waals surface area contributed by atoms with Crippen LogP contribution in [0.25, 0.3) is 0 Å². The van der Waals surface area contributed by atoms with Crippen molar-refractivity contribution in [1.29, 1.82) is 0 Å². The van der Waals surface area contributed by atoms with E-state index in [0.717, 1.165) is 38.1 Å². The van der Waals surface area contributed by atoms with E-state index >= 15 is 0 Å². The van der Waals surface area contributed by atoms with Gasteiger partial charge in [-0.1, -0.05) is 0 Å². The fourth-order valence-electron chi connectivity index (χ4n) is 3.51. The number of aliphatic hydroxyl groups excluding tert-OH is 1. The highest BCUT2D eigenvalue weighted by Crippen LogP contribution is 2.25. The zero-order valence-corrected chi connectivity index (χ0v) is 14.6. The Morgan fingerprint density at radius 2 is 2.00 bits per heavy atom. The van der Waals surface area contributed by atoms with Crippen LogP contribution < -0.4 is 11.1 Å². The van der Waals surface area contributed by atoms with Crippen molar-refractivity contribution in [1.82, 2.24) is 15.1 Å². The molecular weight excluding hydrogens is 316 g/mol. The molecule has 1 saturated heterocycles. The lowest BCUT2D eigenvalue weighted by Crippen LogP contribution is -2.57. The van der Waals surface area contributed by atoms with Crippen molar-refractivity contribution >= 4 is 23.7 Å². The van der Waals surface area contributed by atoms with Crippen molar-refractivity contribution in [3.8, 4) is 0 Å². The predicted octanol–water partition coefficient (Wildman–Crippen LogP) is -0.166. The molecule has 7 nitrogen and oxygen atoms in total. The Morgan fingerprint density at radius 1 is 1.30 bits per heavy atom. The topological polar surface area (TPSA) is 98.9 Å². The first-order chi connectivity index (χ1) is 11.0. The molecule has 132 valence electrons. The number of rotatable bonds is 6. The fraction of sp³-hybridized carbons (Fsp3) is 0.867. The van der Waals surface area contributed by atoms with Gasteiger partial charge in [0, 0.05) is 32.2 Å². The molecule has 0 aromatic carbocycles. The van der Waals surface area contributed by atoms with E-state index in [0.29, 0.717) is 19.5 Å². The summed E-state index contributed by atoms with van der Waals surface area (Å²) >= 11 is 1.64. The van der Waals surface area contributed by atoms with Crippen LogP contribution in [-0.2, 0) is 4.79 Å². The SMILES string of the molecule is CSCCC(NC(N)=O)C(=O)N1CCN(C2CCCC2O)CC1. The summed E-state index contributed by atoms with van der Waals surface area (Å²) in [5.74, 6) is 0.745. The summed E-state index contributed by atoms with van der Waals surface area (Å²) in [6, 6.07) is -0.955. The smallest absolute Gasteiger partial charge is 0.312 e. The monoisotopic (exact) mass is 344 g/mol. The maximum absolute atomic E-state index is 12.6. The first-order valence-electron chi connectivity index (χ1n) is 8.28. The second-order valence-corrected chi connectivity index (χ2v) is 7.26. The number of piperazine rings is 1. The van der Waals surface area contributed by atoms with Crippen molar-refractivity contribution in [2.45, 2.75) is 43.9 Å². The number of thioether (sulfide) groups is 1. The number of primary amides is 1. The highest BCUT2D eigenvalue weighted by molar-refractivity contribution is 7.98. The van der Waals surface area contributed by atoms with Crippen molar-refractivity contribution in [3.05, 3.63) is 0 Å². The van der Waals surface area contributed by atoms with Crippen LogP contribution in [0, 0.1) is 0 Å². The highest BCUT2D eigenvalue weighted by Gasteiger charge is 2.34. The van der Waals surface area contributed by atoms with E-state index in [2.05, 4.69) is 10.2 Å². The van der Waals surface area contributed by atoms with Gasteiger partial charge in [-0.3, -0.25) is 9.69 Å². The van der Waals surface area contributed by atoms with Crippen LogP contribution in [0.4, 0.5) is 4.79 Å². The lowest BCUT2D eigenvalue weighted by Gasteiger charge is -2.40. The van der Waals surface area contributed by atoms with E-state index in [9.17, 15) is 14.7 Å². The summed E-state index contributed by atoms with van der Waals surface area (Å²) in [4.78, 5) is 27.8. The number of nitrogens with one attached hydrogen (secondary N) is 1. The maximum Gasteiger partial charge on any atom is 0.312 e. The lowest BCUT2D eigenvalue weighted by molar-refractivity contribution is -0.135. The molecule has 3 unspecified atom stereocenters. The minimum Gasteiger partial charge on any atom is -0.391 e. The van der Waals surface area contributed by atoms with Crippen molar-refractivity contribution < 1.29 is 14.7 Å².